The summed E-state index contributed by atoms with van der Waals surface area (Å²) in [4.78, 5) is 11.3. The average Bonchev–Trinajstić information content (AvgIpc) is 2.45. The van der Waals surface area contributed by atoms with Crippen LogP contribution in [0.4, 0.5) is 11.5 Å². The highest BCUT2D eigenvalue weighted by molar-refractivity contribution is 6.30. The predicted molar refractivity (Wildman–Crippen MR) is 89.7 cm³/mol. The molecule has 0 spiro atoms. The van der Waals surface area contributed by atoms with E-state index in [0.717, 1.165) is 29.4 Å². The minimum Gasteiger partial charge on any atom is -0.326 e. The normalized spacial score (nSPS) is 11.0. The van der Waals surface area contributed by atoms with E-state index in [1.165, 1.54) is 5.56 Å². The van der Waals surface area contributed by atoms with Crippen molar-refractivity contribution in [2.45, 2.75) is 40.5 Å². The molecule has 0 radical (unpaired) electrons. The third-order valence-corrected chi connectivity index (χ3v) is 3.94. The Bertz CT molecular complexity index is 638. The monoisotopic (exact) mass is 303 g/mol. The molecule has 4 heteroatoms. The van der Waals surface area contributed by atoms with Crippen molar-refractivity contribution in [3.63, 3.8) is 0 Å². The molecule has 2 rings (SSSR count). The summed E-state index contributed by atoms with van der Waals surface area (Å²) in [5.41, 5.74) is 3.30. The van der Waals surface area contributed by atoms with Crippen LogP contribution in [-0.4, -0.2) is 16.5 Å². The first-order valence-electron chi connectivity index (χ1n) is 7.32. The molecule has 0 aliphatic rings. The SMILES string of the molecule is CCN(c1ccccc1C)c1nc(C(C)C)nc(Cl)c1C. The van der Waals surface area contributed by atoms with E-state index < -0.39 is 0 Å². The van der Waals surface area contributed by atoms with Crippen molar-refractivity contribution in [2.75, 3.05) is 11.4 Å². The Labute approximate surface area is 132 Å². The Morgan fingerprint density at radius 2 is 1.81 bits per heavy atom. The molecular formula is C17H22ClN3. The number of anilines is 2. The fourth-order valence-electron chi connectivity index (χ4n) is 2.32. The molecule has 0 N–H and O–H groups in total. The number of hydrogen-bond donors (Lipinski definition) is 0. The second kappa shape index (κ2) is 6.44. The van der Waals surface area contributed by atoms with Crippen molar-refractivity contribution in [2.24, 2.45) is 0 Å². The highest BCUT2D eigenvalue weighted by Crippen LogP contribution is 2.32. The summed E-state index contributed by atoms with van der Waals surface area (Å²) in [6.07, 6.45) is 0. The molecule has 0 saturated carbocycles. The van der Waals surface area contributed by atoms with Gasteiger partial charge in [0.2, 0.25) is 0 Å². The summed E-state index contributed by atoms with van der Waals surface area (Å²) in [5.74, 6) is 1.93. The van der Waals surface area contributed by atoms with Crippen LogP contribution < -0.4 is 4.90 Å². The first-order valence-corrected chi connectivity index (χ1v) is 7.70. The highest BCUT2D eigenvalue weighted by atomic mass is 35.5. The molecule has 3 nitrogen and oxygen atoms in total. The second-order valence-electron chi connectivity index (χ2n) is 5.51. The standard InChI is InChI=1S/C17H22ClN3/c1-6-21(14-10-8-7-9-12(14)4)17-13(5)15(18)19-16(20-17)11(2)3/h7-11H,6H2,1-5H3. The largest absolute Gasteiger partial charge is 0.326 e. The first kappa shape index (κ1) is 15.8. The molecule has 0 fully saturated rings. The average molecular weight is 304 g/mol. The number of benzene rings is 1. The molecule has 2 aromatic rings. The topological polar surface area (TPSA) is 29.0 Å². The van der Waals surface area contributed by atoms with Gasteiger partial charge in [-0.15, -0.1) is 0 Å². The third kappa shape index (κ3) is 3.18. The van der Waals surface area contributed by atoms with Gasteiger partial charge in [0.05, 0.1) is 0 Å². The predicted octanol–water partition coefficient (Wildman–Crippen LogP) is 5.03. The zero-order chi connectivity index (χ0) is 15.6. The molecule has 0 amide bonds. The maximum atomic E-state index is 6.31. The van der Waals surface area contributed by atoms with Gasteiger partial charge in [0.1, 0.15) is 16.8 Å². The first-order chi connectivity index (χ1) is 9.95. The van der Waals surface area contributed by atoms with Gasteiger partial charge in [0, 0.05) is 23.7 Å². The smallest absolute Gasteiger partial charge is 0.141 e. The molecule has 112 valence electrons. The Hall–Kier alpha value is -1.61. The fourth-order valence-corrected chi connectivity index (χ4v) is 2.49. The molecule has 0 aliphatic heterocycles. The molecule has 0 bridgehead atoms. The maximum Gasteiger partial charge on any atom is 0.141 e. The number of rotatable bonds is 4. The van der Waals surface area contributed by atoms with Gasteiger partial charge in [-0.05, 0) is 32.4 Å². The van der Waals surface area contributed by atoms with Gasteiger partial charge in [-0.1, -0.05) is 43.6 Å². The maximum absolute atomic E-state index is 6.31. The summed E-state index contributed by atoms with van der Waals surface area (Å²) in [6.45, 7) is 11.2. The molecule has 1 aromatic carbocycles. The number of para-hydroxylation sites is 1. The third-order valence-electron chi connectivity index (χ3n) is 3.57. The van der Waals surface area contributed by atoms with Gasteiger partial charge in [-0.3, -0.25) is 0 Å². The molecule has 0 aliphatic carbocycles. The van der Waals surface area contributed by atoms with Crippen LogP contribution in [0.3, 0.4) is 0 Å². The fraction of sp³-hybridized carbons (Fsp3) is 0.412. The number of hydrogen-bond acceptors (Lipinski definition) is 3. The van der Waals surface area contributed by atoms with Crippen LogP contribution in [0.1, 0.15) is 43.6 Å². The van der Waals surface area contributed by atoms with Gasteiger partial charge in [0.15, 0.2) is 0 Å². The van der Waals surface area contributed by atoms with E-state index in [2.05, 4.69) is 49.7 Å². The minimum atomic E-state index is 0.248. The van der Waals surface area contributed by atoms with E-state index in [9.17, 15) is 0 Å². The van der Waals surface area contributed by atoms with Crippen LogP contribution >= 0.6 is 11.6 Å². The summed E-state index contributed by atoms with van der Waals surface area (Å²) < 4.78 is 0. The molecule has 21 heavy (non-hydrogen) atoms. The van der Waals surface area contributed by atoms with Crippen molar-refractivity contribution in [3.05, 3.63) is 46.4 Å². The highest BCUT2D eigenvalue weighted by Gasteiger charge is 2.18. The number of nitrogens with zero attached hydrogens (tertiary/aromatic N) is 3. The molecular weight excluding hydrogens is 282 g/mol. The summed E-state index contributed by atoms with van der Waals surface area (Å²) in [5, 5.41) is 0.538. The van der Waals surface area contributed by atoms with E-state index in [0.29, 0.717) is 5.15 Å². The van der Waals surface area contributed by atoms with Crippen LogP contribution in [0.25, 0.3) is 0 Å². The van der Waals surface area contributed by atoms with Gasteiger partial charge in [-0.2, -0.15) is 0 Å². The van der Waals surface area contributed by atoms with Crippen LogP contribution in [0.15, 0.2) is 24.3 Å². The Kier molecular flexibility index (Phi) is 4.84. The molecule has 0 saturated heterocycles. The van der Waals surface area contributed by atoms with Gasteiger partial charge in [-0.25, -0.2) is 9.97 Å². The lowest BCUT2D eigenvalue weighted by Gasteiger charge is -2.26. The van der Waals surface area contributed by atoms with E-state index in [1.807, 2.05) is 19.1 Å². The van der Waals surface area contributed by atoms with E-state index in [4.69, 9.17) is 16.6 Å². The Morgan fingerprint density at radius 3 is 2.38 bits per heavy atom. The van der Waals surface area contributed by atoms with Crippen LogP contribution in [0, 0.1) is 13.8 Å². The van der Waals surface area contributed by atoms with Crippen molar-refractivity contribution in [1.29, 1.82) is 0 Å². The zero-order valence-corrected chi connectivity index (χ0v) is 14.1. The van der Waals surface area contributed by atoms with E-state index >= 15 is 0 Å². The molecule has 1 heterocycles. The van der Waals surface area contributed by atoms with E-state index in [-0.39, 0.29) is 5.92 Å². The second-order valence-corrected chi connectivity index (χ2v) is 5.86. The number of aryl methyl sites for hydroxylation is 1. The summed E-state index contributed by atoms with van der Waals surface area (Å²) in [6, 6.07) is 8.32. The van der Waals surface area contributed by atoms with Crippen LogP contribution in [0.5, 0.6) is 0 Å². The van der Waals surface area contributed by atoms with Gasteiger partial charge >= 0.3 is 0 Å². The Balaban J connectivity index is 2.60. The van der Waals surface area contributed by atoms with E-state index in [1.54, 1.807) is 0 Å². The minimum absolute atomic E-state index is 0.248. The lowest BCUT2D eigenvalue weighted by atomic mass is 10.1. The molecule has 0 atom stereocenters. The Morgan fingerprint density at radius 1 is 1.14 bits per heavy atom. The summed E-state index contributed by atoms with van der Waals surface area (Å²) in [7, 11) is 0. The van der Waals surface area contributed by atoms with Crippen molar-refractivity contribution >= 4 is 23.1 Å². The number of aromatic nitrogens is 2. The van der Waals surface area contributed by atoms with Crippen LogP contribution in [-0.2, 0) is 0 Å². The van der Waals surface area contributed by atoms with Crippen molar-refractivity contribution in [1.82, 2.24) is 9.97 Å². The zero-order valence-electron chi connectivity index (χ0n) is 13.3. The van der Waals surface area contributed by atoms with Crippen molar-refractivity contribution < 1.29 is 0 Å². The van der Waals surface area contributed by atoms with Crippen molar-refractivity contribution in [3.8, 4) is 0 Å². The molecule has 1 aromatic heterocycles. The quantitative estimate of drug-likeness (QED) is 0.742. The number of halogens is 1. The molecule has 0 unspecified atom stereocenters. The lowest BCUT2D eigenvalue weighted by molar-refractivity contribution is 0.765. The van der Waals surface area contributed by atoms with Gasteiger partial charge in [0.25, 0.3) is 0 Å². The van der Waals surface area contributed by atoms with Gasteiger partial charge < -0.3 is 4.90 Å². The van der Waals surface area contributed by atoms with Crippen LogP contribution in [0.2, 0.25) is 5.15 Å². The lowest BCUT2D eigenvalue weighted by Crippen LogP contribution is -2.21. The summed E-state index contributed by atoms with van der Waals surface area (Å²) >= 11 is 6.31.